The third-order valence-corrected chi connectivity index (χ3v) is 2.51. The van der Waals surface area contributed by atoms with Crippen molar-refractivity contribution in [3.05, 3.63) is 17.3 Å². The zero-order chi connectivity index (χ0) is 10.8. The van der Waals surface area contributed by atoms with Crippen LogP contribution in [0.15, 0.2) is 11.6 Å². The van der Waals surface area contributed by atoms with Crippen molar-refractivity contribution < 1.29 is 14.6 Å². The van der Waals surface area contributed by atoms with Crippen LogP contribution in [-0.2, 0) is 0 Å². The number of nitrogens with zero attached hydrogens (tertiary/aromatic N) is 2. The van der Waals surface area contributed by atoms with Crippen molar-refractivity contribution >= 4 is 17.3 Å². The SMILES string of the molecule is COc1nc(-c2ncc(C(=O)O)[nH]2)cs1. The maximum absolute atomic E-state index is 10.6. The summed E-state index contributed by atoms with van der Waals surface area (Å²) in [6.45, 7) is 0. The van der Waals surface area contributed by atoms with Gasteiger partial charge in [-0.15, -0.1) is 0 Å². The Hall–Kier alpha value is -1.89. The standard InChI is InChI=1S/C8H7N3O3S/c1-14-8-11-5(3-15-8)6-9-2-4(10-6)7(12)13/h2-3H,1H3,(H,9,10)(H,12,13). The fraction of sp³-hybridized carbons (Fsp3) is 0.125. The largest absolute Gasteiger partial charge is 0.477 e. The quantitative estimate of drug-likeness (QED) is 0.820. The number of aromatic carboxylic acids is 1. The number of ether oxygens (including phenoxy) is 1. The second-order valence-corrected chi connectivity index (χ2v) is 3.47. The van der Waals surface area contributed by atoms with E-state index < -0.39 is 5.97 Å². The van der Waals surface area contributed by atoms with Gasteiger partial charge in [-0.05, 0) is 0 Å². The summed E-state index contributed by atoms with van der Waals surface area (Å²) in [6.07, 6.45) is 1.25. The zero-order valence-electron chi connectivity index (χ0n) is 7.72. The molecular weight excluding hydrogens is 218 g/mol. The number of imidazole rings is 1. The van der Waals surface area contributed by atoms with Crippen molar-refractivity contribution in [3.63, 3.8) is 0 Å². The molecule has 6 nitrogen and oxygen atoms in total. The van der Waals surface area contributed by atoms with E-state index in [-0.39, 0.29) is 5.69 Å². The third-order valence-electron chi connectivity index (χ3n) is 1.71. The summed E-state index contributed by atoms with van der Waals surface area (Å²) < 4.78 is 4.92. The molecule has 2 rings (SSSR count). The highest BCUT2D eigenvalue weighted by atomic mass is 32.1. The van der Waals surface area contributed by atoms with Gasteiger partial charge in [-0.2, -0.15) is 4.98 Å². The van der Waals surface area contributed by atoms with E-state index in [0.29, 0.717) is 16.7 Å². The molecule has 2 heterocycles. The van der Waals surface area contributed by atoms with Gasteiger partial charge >= 0.3 is 5.97 Å². The van der Waals surface area contributed by atoms with Crippen molar-refractivity contribution in [1.29, 1.82) is 0 Å². The molecule has 0 bridgehead atoms. The number of rotatable bonds is 3. The summed E-state index contributed by atoms with van der Waals surface area (Å²) in [6, 6.07) is 0. The molecule has 0 aromatic carbocycles. The van der Waals surface area contributed by atoms with Crippen LogP contribution in [0.1, 0.15) is 10.5 Å². The monoisotopic (exact) mass is 225 g/mol. The third kappa shape index (κ3) is 1.82. The molecule has 0 aliphatic carbocycles. The number of thiazole rings is 1. The van der Waals surface area contributed by atoms with E-state index in [0.717, 1.165) is 0 Å². The molecule has 0 saturated heterocycles. The maximum Gasteiger partial charge on any atom is 0.353 e. The molecule has 0 saturated carbocycles. The lowest BCUT2D eigenvalue weighted by atomic mass is 10.5. The zero-order valence-corrected chi connectivity index (χ0v) is 8.54. The molecule has 2 aromatic rings. The Kier molecular flexibility index (Phi) is 2.38. The number of carboxylic acid groups (broad SMARTS) is 1. The molecule has 0 spiro atoms. The van der Waals surface area contributed by atoms with Crippen LogP contribution in [0.2, 0.25) is 0 Å². The van der Waals surface area contributed by atoms with Crippen LogP contribution in [0.4, 0.5) is 0 Å². The molecule has 2 N–H and O–H groups in total. The van der Waals surface area contributed by atoms with E-state index in [1.165, 1.54) is 24.6 Å². The summed E-state index contributed by atoms with van der Waals surface area (Å²) in [4.78, 5) is 21.2. The lowest BCUT2D eigenvalue weighted by Crippen LogP contribution is -1.95. The predicted molar refractivity (Wildman–Crippen MR) is 53.2 cm³/mol. The molecule has 0 aliphatic rings. The van der Waals surface area contributed by atoms with Crippen LogP contribution in [0.25, 0.3) is 11.5 Å². The summed E-state index contributed by atoms with van der Waals surface area (Å²) in [5.74, 6) is -0.622. The first-order valence-electron chi connectivity index (χ1n) is 3.99. The van der Waals surface area contributed by atoms with Gasteiger partial charge in [0.25, 0.3) is 5.19 Å². The molecule has 78 valence electrons. The average Bonchev–Trinajstić information content (AvgIpc) is 2.86. The van der Waals surface area contributed by atoms with Crippen LogP contribution in [0.5, 0.6) is 5.19 Å². The van der Waals surface area contributed by atoms with Gasteiger partial charge in [0, 0.05) is 5.38 Å². The van der Waals surface area contributed by atoms with E-state index in [4.69, 9.17) is 9.84 Å². The lowest BCUT2D eigenvalue weighted by molar-refractivity contribution is 0.0691. The molecular formula is C8H7N3O3S. The van der Waals surface area contributed by atoms with Crippen LogP contribution in [0, 0.1) is 0 Å². The number of aromatic nitrogens is 3. The minimum atomic E-state index is -1.05. The first kappa shape index (κ1) is 9.66. The van der Waals surface area contributed by atoms with Crippen molar-refractivity contribution in [3.8, 4) is 16.7 Å². The van der Waals surface area contributed by atoms with Gasteiger partial charge in [-0.1, -0.05) is 11.3 Å². The molecule has 0 radical (unpaired) electrons. The molecule has 15 heavy (non-hydrogen) atoms. The van der Waals surface area contributed by atoms with Crippen molar-refractivity contribution in [2.24, 2.45) is 0 Å². The lowest BCUT2D eigenvalue weighted by Gasteiger charge is -1.89. The molecule has 0 unspecified atom stereocenters. The Morgan fingerprint density at radius 1 is 1.67 bits per heavy atom. The van der Waals surface area contributed by atoms with E-state index in [1.54, 1.807) is 5.38 Å². The Labute approximate surface area is 88.6 Å². The smallest absolute Gasteiger partial charge is 0.353 e. The van der Waals surface area contributed by atoms with Gasteiger partial charge in [-0.25, -0.2) is 9.78 Å². The fourth-order valence-electron chi connectivity index (χ4n) is 1.02. The maximum atomic E-state index is 10.6. The number of methoxy groups -OCH3 is 1. The van der Waals surface area contributed by atoms with Gasteiger partial charge in [0.05, 0.1) is 13.3 Å². The normalized spacial score (nSPS) is 10.2. The predicted octanol–water partition coefficient (Wildman–Crippen LogP) is 1.24. The Morgan fingerprint density at radius 2 is 2.47 bits per heavy atom. The second-order valence-electron chi connectivity index (χ2n) is 2.65. The van der Waals surface area contributed by atoms with Crippen LogP contribution < -0.4 is 4.74 Å². The molecule has 2 aromatic heterocycles. The van der Waals surface area contributed by atoms with Crippen LogP contribution in [0.3, 0.4) is 0 Å². The number of H-pyrrole nitrogens is 1. The Bertz CT molecular complexity index is 491. The first-order chi connectivity index (χ1) is 7.20. The molecule has 7 heteroatoms. The van der Waals surface area contributed by atoms with Crippen molar-refractivity contribution in [2.75, 3.05) is 7.11 Å². The van der Waals surface area contributed by atoms with E-state index >= 15 is 0 Å². The van der Waals surface area contributed by atoms with Crippen molar-refractivity contribution in [2.45, 2.75) is 0 Å². The number of hydrogen-bond acceptors (Lipinski definition) is 5. The van der Waals surface area contributed by atoms with Gasteiger partial charge in [-0.3, -0.25) is 0 Å². The highest BCUT2D eigenvalue weighted by Gasteiger charge is 2.11. The Morgan fingerprint density at radius 3 is 3.00 bits per heavy atom. The Balaban J connectivity index is 2.32. The van der Waals surface area contributed by atoms with E-state index in [9.17, 15) is 4.79 Å². The number of carboxylic acids is 1. The number of hydrogen-bond donors (Lipinski definition) is 2. The summed E-state index contributed by atoms with van der Waals surface area (Å²) in [7, 11) is 1.52. The molecule has 0 atom stereocenters. The van der Waals surface area contributed by atoms with Gasteiger partial charge in [0.15, 0.2) is 5.82 Å². The summed E-state index contributed by atoms with van der Waals surface area (Å²) in [5, 5.41) is 10.9. The first-order valence-corrected chi connectivity index (χ1v) is 4.87. The highest BCUT2D eigenvalue weighted by Crippen LogP contribution is 2.23. The molecule has 0 amide bonds. The topological polar surface area (TPSA) is 88.1 Å². The van der Waals surface area contributed by atoms with Crippen molar-refractivity contribution in [1.82, 2.24) is 15.0 Å². The molecule has 0 aliphatic heterocycles. The van der Waals surface area contributed by atoms with Gasteiger partial charge in [0.2, 0.25) is 0 Å². The average molecular weight is 225 g/mol. The van der Waals surface area contributed by atoms with E-state index in [1.807, 2.05) is 0 Å². The second kappa shape index (κ2) is 3.70. The number of carbonyl (C=O) groups is 1. The van der Waals surface area contributed by atoms with Gasteiger partial charge < -0.3 is 14.8 Å². The number of aromatic amines is 1. The fourth-order valence-corrected chi connectivity index (χ4v) is 1.64. The van der Waals surface area contributed by atoms with Crippen LogP contribution in [-0.4, -0.2) is 33.1 Å². The minimum absolute atomic E-state index is 0.0389. The minimum Gasteiger partial charge on any atom is -0.477 e. The van der Waals surface area contributed by atoms with Crippen LogP contribution >= 0.6 is 11.3 Å². The summed E-state index contributed by atoms with van der Waals surface area (Å²) in [5.41, 5.74) is 0.612. The number of nitrogens with one attached hydrogen (secondary N) is 1. The van der Waals surface area contributed by atoms with E-state index in [2.05, 4.69) is 15.0 Å². The highest BCUT2D eigenvalue weighted by molar-refractivity contribution is 7.11. The van der Waals surface area contributed by atoms with Gasteiger partial charge in [0.1, 0.15) is 11.4 Å². The molecule has 0 fully saturated rings. The summed E-state index contributed by atoms with van der Waals surface area (Å²) >= 11 is 1.32.